The molecule has 4 nitrogen and oxygen atoms in total. The van der Waals surface area contributed by atoms with E-state index in [1.165, 1.54) is 6.07 Å². The number of azide groups is 1. The third kappa shape index (κ3) is 3.24. The van der Waals surface area contributed by atoms with Crippen molar-refractivity contribution < 1.29 is 9.13 Å². The van der Waals surface area contributed by atoms with Crippen LogP contribution in [0.15, 0.2) is 27.8 Å². The lowest BCUT2D eigenvalue weighted by molar-refractivity contribution is 0.326. The summed E-state index contributed by atoms with van der Waals surface area (Å²) in [4.78, 5) is 2.56. The molecule has 1 rings (SSSR count). The lowest BCUT2D eigenvalue weighted by Gasteiger charge is -2.04. The Hall–Kier alpha value is -1.26. The Kier molecular flexibility index (Phi) is 4.22. The van der Waals surface area contributed by atoms with Gasteiger partial charge in [0.05, 0.1) is 17.6 Å². The quantitative estimate of drug-likeness (QED) is 0.354. The maximum atomic E-state index is 12.9. The minimum Gasteiger partial charge on any atom is -0.493 e. The fourth-order valence-corrected chi connectivity index (χ4v) is 1.06. The molecule has 0 radical (unpaired) electrons. The van der Waals surface area contributed by atoms with Crippen molar-refractivity contribution in [3.63, 3.8) is 0 Å². The lowest BCUT2D eigenvalue weighted by Crippen LogP contribution is -2.00. The largest absolute Gasteiger partial charge is 0.493 e. The average molecular weight is 260 g/mol. The number of benzene rings is 1. The summed E-state index contributed by atoms with van der Waals surface area (Å²) < 4.78 is 18.5. The van der Waals surface area contributed by atoms with Crippen molar-refractivity contribution in [3.8, 4) is 5.75 Å². The number of ether oxygens (including phenoxy) is 1. The highest BCUT2D eigenvalue weighted by Crippen LogP contribution is 2.20. The maximum Gasteiger partial charge on any atom is 0.141 e. The Morgan fingerprint density at radius 2 is 2.36 bits per heavy atom. The summed E-state index contributed by atoms with van der Waals surface area (Å²) in [5.74, 6) is 0.0325. The van der Waals surface area contributed by atoms with Gasteiger partial charge in [0.2, 0.25) is 0 Å². The van der Waals surface area contributed by atoms with Gasteiger partial charge in [-0.3, -0.25) is 0 Å². The Morgan fingerprint density at radius 3 is 3.00 bits per heavy atom. The molecule has 0 amide bonds. The third-order valence-electron chi connectivity index (χ3n) is 1.41. The summed E-state index contributed by atoms with van der Waals surface area (Å²) in [6, 6.07) is 4.45. The molecular weight excluding hydrogens is 253 g/mol. The second kappa shape index (κ2) is 5.47. The van der Waals surface area contributed by atoms with Gasteiger partial charge in [0, 0.05) is 11.0 Å². The standard InChI is InChI=1S/C8H7BrFN3O/c9-7-2-1-6(5-8(7)10)14-4-3-12-13-11/h1-2,5H,3-4H2. The van der Waals surface area contributed by atoms with Gasteiger partial charge in [-0.2, -0.15) is 0 Å². The summed E-state index contributed by atoms with van der Waals surface area (Å²) in [5, 5.41) is 3.28. The van der Waals surface area contributed by atoms with E-state index < -0.39 is 0 Å². The molecule has 0 aliphatic carbocycles. The predicted octanol–water partition coefficient (Wildman–Crippen LogP) is 3.28. The second-order valence-electron chi connectivity index (χ2n) is 2.38. The molecule has 74 valence electrons. The summed E-state index contributed by atoms with van der Waals surface area (Å²) in [5.41, 5.74) is 7.98. The Morgan fingerprint density at radius 1 is 1.57 bits per heavy atom. The molecule has 0 fully saturated rings. The van der Waals surface area contributed by atoms with Crippen LogP contribution in [-0.4, -0.2) is 13.2 Å². The van der Waals surface area contributed by atoms with Crippen LogP contribution < -0.4 is 4.74 Å². The highest BCUT2D eigenvalue weighted by molar-refractivity contribution is 9.10. The third-order valence-corrected chi connectivity index (χ3v) is 2.06. The van der Waals surface area contributed by atoms with Crippen LogP contribution in [0.25, 0.3) is 10.4 Å². The van der Waals surface area contributed by atoms with E-state index in [4.69, 9.17) is 10.3 Å². The van der Waals surface area contributed by atoms with Gasteiger partial charge in [0.1, 0.15) is 11.6 Å². The van der Waals surface area contributed by atoms with E-state index in [1.54, 1.807) is 12.1 Å². The minimum atomic E-state index is -0.383. The normalized spacial score (nSPS) is 9.29. The van der Waals surface area contributed by atoms with E-state index in [2.05, 4.69) is 26.0 Å². The van der Waals surface area contributed by atoms with Crippen LogP contribution in [-0.2, 0) is 0 Å². The average Bonchev–Trinajstić information content (AvgIpc) is 2.18. The number of hydrogen-bond donors (Lipinski definition) is 0. The van der Waals surface area contributed by atoms with E-state index in [0.717, 1.165) is 0 Å². The van der Waals surface area contributed by atoms with Gasteiger partial charge in [-0.1, -0.05) is 5.11 Å². The molecule has 1 aromatic rings. The van der Waals surface area contributed by atoms with Crippen LogP contribution in [0.1, 0.15) is 0 Å². The van der Waals surface area contributed by atoms with E-state index in [9.17, 15) is 4.39 Å². The van der Waals surface area contributed by atoms with Gasteiger partial charge < -0.3 is 4.74 Å². The highest BCUT2D eigenvalue weighted by atomic mass is 79.9. The van der Waals surface area contributed by atoms with Crippen molar-refractivity contribution in [1.82, 2.24) is 0 Å². The molecule has 0 unspecified atom stereocenters. The van der Waals surface area contributed by atoms with Crippen molar-refractivity contribution in [2.75, 3.05) is 13.2 Å². The smallest absolute Gasteiger partial charge is 0.141 e. The zero-order valence-corrected chi connectivity index (χ0v) is 8.74. The van der Waals surface area contributed by atoms with Crippen LogP contribution in [0, 0.1) is 5.82 Å². The summed E-state index contributed by atoms with van der Waals surface area (Å²) in [6.45, 7) is 0.472. The molecule has 0 bridgehead atoms. The molecule has 6 heteroatoms. The molecule has 0 saturated heterocycles. The molecule has 14 heavy (non-hydrogen) atoms. The molecule has 0 atom stereocenters. The zero-order valence-electron chi connectivity index (χ0n) is 7.15. The van der Waals surface area contributed by atoms with Crippen LogP contribution in [0.5, 0.6) is 5.75 Å². The monoisotopic (exact) mass is 259 g/mol. The Balaban J connectivity index is 2.51. The second-order valence-corrected chi connectivity index (χ2v) is 3.23. The topological polar surface area (TPSA) is 58.0 Å². The fourth-order valence-electron chi connectivity index (χ4n) is 0.816. The number of hydrogen-bond acceptors (Lipinski definition) is 2. The zero-order chi connectivity index (χ0) is 10.4. The molecule has 0 saturated carbocycles. The van der Waals surface area contributed by atoms with Crippen LogP contribution in [0.3, 0.4) is 0 Å². The molecule has 0 heterocycles. The SMILES string of the molecule is [N-]=[N+]=NCCOc1ccc(Br)c(F)c1. The van der Waals surface area contributed by atoms with Gasteiger partial charge >= 0.3 is 0 Å². The minimum absolute atomic E-state index is 0.230. The van der Waals surface area contributed by atoms with Gasteiger partial charge in [-0.25, -0.2) is 4.39 Å². The van der Waals surface area contributed by atoms with Crippen molar-refractivity contribution >= 4 is 15.9 Å². The first-order chi connectivity index (χ1) is 6.74. The first kappa shape index (κ1) is 10.8. The van der Waals surface area contributed by atoms with Crippen molar-refractivity contribution in [2.24, 2.45) is 5.11 Å². The van der Waals surface area contributed by atoms with Crippen molar-refractivity contribution in [1.29, 1.82) is 0 Å². The lowest BCUT2D eigenvalue weighted by atomic mass is 10.3. The predicted molar refractivity (Wildman–Crippen MR) is 53.6 cm³/mol. The van der Waals surface area contributed by atoms with Crippen molar-refractivity contribution in [3.05, 3.63) is 38.9 Å². The Bertz CT molecular complexity index is 366. The first-order valence-electron chi connectivity index (χ1n) is 3.83. The van der Waals surface area contributed by atoms with E-state index in [-0.39, 0.29) is 19.0 Å². The van der Waals surface area contributed by atoms with Gasteiger partial charge in [-0.15, -0.1) is 0 Å². The van der Waals surface area contributed by atoms with Crippen LogP contribution in [0.4, 0.5) is 4.39 Å². The number of halogens is 2. The molecule has 0 aromatic heterocycles. The van der Waals surface area contributed by atoms with E-state index in [0.29, 0.717) is 10.2 Å². The molecule has 0 N–H and O–H groups in total. The molecule has 0 aliphatic heterocycles. The molecule has 1 aromatic carbocycles. The molecular formula is C8H7BrFN3O. The van der Waals surface area contributed by atoms with Gasteiger partial charge in [0.15, 0.2) is 0 Å². The van der Waals surface area contributed by atoms with E-state index >= 15 is 0 Å². The maximum absolute atomic E-state index is 12.9. The van der Waals surface area contributed by atoms with Crippen LogP contribution >= 0.6 is 15.9 Å². The highest BCUT2D eigenvalue weighted by Gasteiger charge is 2.00. The molecule has 0 aliphatic rings. The van der Waals surface area contributed by atoms with Gasteiger partial charge in [0.25, 0.3) is 0 Å². The fraction of sp³-hybridized carbons (Fsp3) is 0.250. The number of rotatable bonds is 4. The van der Waals surface area contributed by atoms with Crippen LogP contribution in [0.2, 0.25) is 0 Å². The summed E-state index contributed by atoms with van der Waals surface area (Å²) in [6.07, 6.45) is 0. The first-order valence-corrected chi connectivity index (χ1v) is 4.62. The van der Waals surface area contributed by atoms with Gasteiger partial charge in [-0.05, 0) is 33.6 Å². The molecule has 0 spiro atoms. The van der Waals surface area contributed by atoms with E-state index in [1.807, 2.05) is 0 Å². The summed E-state index contributed by atoms with van der Waals surface area (Å²) >= 11 is 3.03. The number of nitrogens with zero attached hydrogens (tertiary/aromatic N) is 3. The Labute approximate surface area is 88.4 Å². The van der Waals surface area contributed by atoms with Crippen molar-refractivity contribution in [2.45, 2.75) is 0 Å². The summed E-state index contributed by atoms with van der Waals surface area (Å²) in [7, 11) is 0.